The van der Waals surface area contributed by atoms with Crippen LogP contribution in [0.25, 0.3) is 11.1 Å². The van der Waals surface area contributed by atoms with Gasteiger partial charge in [0.15, 0.2) is 5.11 Å². The normalized spacial score (nSPS) is 30.1. The summed E-state index contributed by atoms with van der Waals surface area (Å²) in [7, 11) is 0. The van der Waals surface area contributed by atoms with Crippen molar-refractivity contribution in [1.82, 2.24) is 10.6 Å². The quantitative estimate of drug-likeness (QED) is 0.741. The highest BCUT2D eigenvalue weighted by Crippen LogP contribution is 2.53. The molecule has 144 valence electrons. The smallest absolute Gasteiger partial charge is 0.257 e. The van der Waals surface area contributed by atoms with Gasteiger partial charge in [0.05, 0.1) is 0 Å². The molecule has 4 bridgehead atoms. The number of rotatable bonds is 3. The van der Waals surface area contributed by atoms with Crippen LogP contribution in [0.1, 0.15) is 42.5 Å². The molecule has 2 N–H and O–H groups in total. The second-order valence-corrected chi connectivity index (χ2v) is 9.24. The average molecular weight is 391 g/mol. The maximum Gasteiger partial charge on any atom is 0.257 e. The van der Waals surface area contributed by atoms with Crippen molar-refractivity contribution in [1.29, 1.82) is 0 Å². The molecule has 28 heavy (non-hydrogen) atoms. The Morgan fingerprint density at radius 3 is 1.96 bits per heavy atom. The Hall–Kier alpha value is -2.20. The van der Waals surface area contributed by atoms with E-state index in [1.165, 1.54) is 32.1 Å². The van der Waals surface area contributed by atoms with Crippen LogP contribution >= 0.6 is 12.2 Å². The molecule has 0 aliphatic heterocycles. The first-order chi connectivity index (χ1) is 13.7. The fourth-order valence-electron chi connectivity index (χ4n) is 5.97. The zero-order chi connectivity index (χ0) is 19.1. The molecule has 2 aromatic rings. The topological polar surface area (TPSA) is 41.1 Å². The molecule has 4 aliphatic carbocycles. The first-order valence-electron chi connectivity index (χ1n) is 10.4. The van der Waals surface area contributed by atoms with Gasteiger partial charge in [-0.3, -0.25) is 10.1 Å². The Balaban J connectivity index is 1.20. The van der Waals surface area contributed by atoms with E-state index >= 15 is 0 Å². The molecule has 0 heterocycles. The lowest BCUT2D eigenvalue weighted by atomic mass is 9.54. The maximum atomic E-state index is 12.6. The fraction of sp³-hybridized carbons (Fsp3) is 0.417. The highest BCUT2D eigenvalue weighted by molar-refractivity contribution is 7.80. The Morgan fingerprint density at radius 2 is 1.36 bits per heavy atom. The van der Waals surface area contributed by atoms with E-state index in [-0.39, 0.29) is 5.91 Å². The van der Waals surface area contributed by atoms with Crippen LogP contribution in [0.15, 0.2) is 54.6 Å². The molecule has 0 spiro atoms. The third-order valence-corrected chi connectivity index (χ3v) is 7.23. The highest BCUT2D eigenvalue weighted by Gasteiger charge is 2.48. The van der Waals surface area contributed by atoms with Crippen LogP contribution in [0.4, 0.5) is 0 Å². The first kappa shape index (κ1) is 17.9. The van der Waals surface area contributed by atoms with E-state index in [4.69, 9.17) is 12.2 Å². The minimum atomic E-state index is -0.138. The van der Waals surface area contributed by atoms with Gasteiger partial charge in [0.2, 0.25) is 0 Å². The average Bonchev–Trinajstić information content (AvgIpc) is 2.71. The third-order valence-electron chi connectivity index (χ3n) is 7.01. The Bertz CT molecular complexity index is 849. The number of benzene rings is 2. The van der Waals surface area contributed by atoms with E-state index in [2.05, 4.69) is 22.8 Å². The Kier molecular flexibility index (Phi) is 4.67. The molecule has 0 saturated heterocycles. The van der Waals surface area contributed by atoms with Gasteiger partial charge in [-0.05, 0) is 91.3 Å². The molecular weight excluding hydrogens is 364 g/mol. The molecule has 6 rings (SSSR count). The minimum Gasteiger partial charge on any atom is -0.359 e. The minimum absolute atomic E-state index is 0.138. The van der Waals surface area contributed by atoms with Crippen molar-refractivity contribution in [3.63, 3.8) is 0 Å². The Labute approximate surface area is 171 Å². The summed E-state index contributed by atoms with van der Waals surface area (Å²) in [6, 6.07) is 18.3. The van der Waals surface area contributed by atoms with Crippen molar-refractivity contribution in [2.75, 3.05) is 0 Å². The van der Waals surface area contributed by atoms with Crippen LogP contribution in [0.3, 0.4) is 0 Å². The van der Waals surface area contributed by atoms with Gasteiger partial charge in [0.25, 0.3) is 5.91 Å². The summed E-state index contributed by atoms with van der Waals surface area (Å²) >= 11 is 5.49. The standard InChI is InChI=1S/C24H26N2OS/c27-23(19-8-6-18(7-9-19)17-4-2-1-3-5-17)26-24(28)25-22-20-11-15-10-16(13-20)14-21(22)12-15/h1-9,15-16,20-22H,10-14H2,(H2,25,26,27,28). The molecule has 0 aromatic heterocycles. The van der Waals surface area contributed by atoms with Gasteiger partial charge in [0.1, 0.15) is 0 Å². The number of carbonyl (C=O) groups excluding carboxylic acids is 1. The van der Waals surface area contributed by atoms with Crippen LogP contribution < -0.4 is 10.6 Å². The summed E-state index contributed by atoms with van der Waals surface area (Å²) in [5, 5.41) is 6.88. The zero-order valence-electron chi connectivity index (χ0n) is 15.9. The lowest BCUT2D eigenvalue weighted by molar-refractivity contribution is -0.00692. The molecule has 4 saturated carbocycles. The SMILES string of the molecule is O=C(NC(=S)NC1C2CC3CC(C2)CC1C3)c1ccc(-c2ccccc2)cc1. The Morgan fingerprint density at radius 1 is 0.786 bits per heavy atom. The second-order valence-electron chi connectivity index (χ2n) is 8.83. The molecule has 4 heteroatoms. The lowest BCUT2D eigenvalue weighted by Crippen LogP contribution is -2.57. The number of hydrogen-bond acceptors (Lipinski definition) is 2. The van der Waals surface area contributed by atoms with E-state index in [1.807, 2.05) is 42.5 Å². The number of carbonyl (C=O) groups is 1. The van der Waals surface area contributed by atoms with Gasteiger partial charge in [-0.2, -0.15) is 0 Å². The molecule has 0 radical (unpaired) electrons. The molecule has 4 aliphatic rings. The largest absolute Gasteiger partial charge is 0.359 e. The monoisotopic (exact) mass is 390 g/mol. The molecular formula is C24H26N2OS. The van der Waals surface area contributed by atoms with Crippen LogP contribution in [-0.4, -0.2) is 17.1 Å². The van der Waals surface area contributed by atoms with Crippen LogP contribution in [-0.2, 0) is 0 Å². The molecule has 2 aromatic carbocycles. The van der Waals surface area contributed by atoms with E-state index in [0.29, 0.717) is 16.7 Å². The van der Waals surface area contributed by atoms with Gasteiger partial charge in [-0.15, -0.1) is 0 Å². The summed E-state index contributed by atoms with van der Waals surface area (Å²) < 4.78 is 0. The predicted octanol–water partition coefficient (Wildman–Crippen LogP) is 4.78. The van der Waals surface area contributed by atoms with E-state index in [1.54, 1.807) is 0 Å². The lowest BCUT2D eigenvalue weighted by Gasteiger charge is -2.54. The van der Waals surface area contributed by atoms with Crippen molar-refractivity contribution in [2.45, 2.75) is 38.1 Å². The molecule has 4 fully saturated rings. The van der Waals surface area contributed by atoms with Crippen molar-refractivity contribution in [3.8, 4) is 11.1 Å². The van der Waals surface area contributed by atoms with Crippen molar-refractivity contribution in [3.05, 3.63) is 60.2 Å². The number of nitrogens with one attached hydrogen (secondary N) is 2. The van der Waals surface area contributed by atoms with Crippen molar-refractivity contribution >= 4 is 23.2 Å². The zero-order valence-corrected chi connectivity index (χ0v) is 16.8. The summed E-state index contributed by atoms with van der Waals surface area (Å²) in [4.78, 5) is 12.6. The van der Waals surface area contributed by atoms with E-state index < -0.39 is 0 Å². The molecule has 0 atom stereocenters. The van der Waals surface area contributed by atoms with Crippen LogP contribution in [0.2, 0.25) is 0 Å². The van der Waals surface area contributed by atoms with Crippen LogP contribution in [0, 0.1) is 23.7 Å². The van der Waals surface area contributed by atoms with Crippen LogP contribution in [0.5, 0.6) is 0 Å². The summed E-state index contributed by atoms with van der Waals surface area (Å²) in [5.41, 5.74) is 2.88. The van der Waals surface area contributed by atoms with Gasteiger partial charge in [-0.25, -0.2) is 0 Å². The van der Waals surface area contributed by atoms with Gasteiger partial charge in [-0.1, -0.05) is 42.5 Å². The highest BCUT2D eigenvalue weighted by atomic mass is 32.1. The fourth-order valence-corrected chi connectivity index (χ4v) is 6.20. The predicted molar refractivity (Wildman–Crippen MR) is 116 cm³/mol. The summed E-state index contributed by atoms with van der Waals surface area (Å²) in [5.74, 6) is 3.20. The number of hydrogen-bond donors (Lipinski definition) is 2. The summed E-state index contributed by atoms with van der Waals surface area (Å²) in [6.07, 6.45) is 6.79. The molecule has 0 unspecified atom stereocenters. The van der Waals surface area contributed by atoms with Crippen molar-refractivity contribution < 1.29 is 4.79 Å². The number of amides is 1. The van der Waals surface area contributed by atoms with Gasteiger partial charge < -0.3 is 5.32 Å². The first-order valence-corrected chi connectivity index (χ1v) is 10.8. The van der Waals surface area contributed by atoms with E-state index in [0.717, 1.165) is 34.8 Å². The maximum absolute atomic E-state index is 12.6. The summed E-state index contributed by atoms with van der Waals surface area (Å²) in [6.45, 7) is 0. The van der Waals surface area contributed by atoms with Gasteiger partial charge >= 0.3 is 0 Å². The van der Waals surface area contributed by atoms with Crippen molar-refractivity contribution in [2.24, 2.45) is 23.7 Å². The molecule has 3 nitrogen and oxygen atoms in total. The molecule has 1 amide bonds. The number of thiocarbonyl (C=S) groups is 1. The van der Waals surface area contributed by atoms with E-state index in [9.17, 15) is 4.79 Å². The van der Waals surface area contributed by atoms with Gasteiger partial charge in [0, 0.05) is 11.6 Å². The second kappa shape index (κ2) is 7.32. The third kappa shape index (κ3) is 3.46.